The smallest absolute Gasteiger partial charge is 0.246 e. The number of carbonyl (C=O) groups excluding carboxylic acids is 1. The minimum atomic E-state index is 0.0603. The summed E-state index contributed by atoms with van der Waals surface area (Å²) in [5.74, 6) is 1.24. The average Bonchev–Trinajstić information content (AvgIpc) is 3.24. The fourth-order valence-corrected chi connectivity index (χ4v) is 5.15. The van der Waals surface area contributed by atoms with E-state index in [0.717, 1.165) is 31.5 Å². The molecule has 1 fully saturated rings. The number of thioether (sulfide) groups is 1. The number of amides is 1. The van der Waals surface area contributed by atoms with Crippen LogP contribution in [0.1, 0.15) is 16.7 Å². The van der Waals surface area contributed by atoms with Crippen LogP contribution in [0, 0.1) is 0 Å². The van der Waals surface area contributed by atoms with Crippen LogP contribution in [0.5, 0.6) is 0 Å². The van der Waals surface area contributed by atoms with E-state index in [4.69, 9.17) is 0 Å². The summed E-state index contributed by atoms with van der Waals surface area (Å²) in [6.45, 7) is 3.16. The highest BCUT2D eigenvalue weighted by Crippen LogP contribution is 2.32. The van der Waals surface area contributed by atoms with Gasteiger partial charge in [-0.25, -0.2) is 0 Å². The molecule has 5 heteroatoms. The van der Waals surface area contributed by atoms with Crippen LogP contribution in [-0.4, -0.2) is 65.4 Å². The van der Waals surface area contributed by atoms with Gasteiger partial charge in [-0.1, -0.05) is 42.5 Å². The predicted octanol–water partition coefficient (Wildman–Crippen LogP) is 3.10. The summed E-state index contributed by atoms with van der Waals surface area (Å²) < 4.78 is 0. The second-order valence-electron chi connectivity index (χ2n) is 7.69. The van der Waals surface area contributed by atoms with Gasteiger partial charge < -0.3 is 10.0 Å². The first-order chi connectivity index (χ1) is 14.2. The molecule has 0 radical (unpaired) electrons. The Morgan fingerprint density at radius 1 is 1.10 bits per heavy atom. The number of aliphatic hydroxyl groups excluding tert-OH is 1. The number of benzene rings is 2. The molecule has 1 N–H and O–H groups in total. The molecule has 2 heterocycles. The number of hydrogen-bond acceptors (Lipinski definition) is 4. The van der Waals surface area contributed by atoms with E-state index in [9.17, 15) is 9.90 Å². The molecule has 152 valence electrons. The molecule has 0 aromatic heterocycles. The topological polar surface area (TPSA) is 43.8 Å². The number of nitrogens with zero attached hydrogens (tertiary/aromatic N) is 2. The van der Waals surface area contributed by atoms with Crippen molar-refractivity contribution in [3.8, 4) is 0 Å². The van der Waals surface area contributed by atoms with Crippen molar-refractivity contribution < 1.29 is 9.90 Å². The summed E-state index contributed by atoms with van der Waals surface area (Å²) in [4.78, 5) is 18.1. The van der Waals surface area contributed by atoms with Crippen molar-refractivity contribution in [2.24, 2.45) is 0 Å². The third-order valence-corrected chi connectivity index (χ3v) is 6.91. The molecular formula is C24H28N2O2S. The zero-order chi connectivity index (χ0) is 20.1. The molecule has 29 heavy (non-hydrogen) atoms. The van der Waals surface area contributed by atoms with Crippen molar-refractivity contribution in [3.05, 3.63) is 71.3 Å². The molecule has 2 aliphatic rings. The Hall–Kier alpha value is -2.08. The lowest BCUT2D eigenvalue weighted by Gasteiger charge is -2.38. The van der Waals surface area contributed by atoms with Crippen LogP contribution in [0.3, 0.4) is 0 Å². The molecule has 1 amide bonds. The Morgan fingerprint density at radius 2 is 1.90 bits per heavy atom. The maximum absolute atomic E-state index is 12.5. The molecule has 0 spiro atoms. The van der Waals surface area contributed by atoms with Gasteiger partial charge in [-0.2, -0.15) is 0 Å². The number of carbonyl (C=O) groups is 1. The molecule has 1 saturated heterocycles. The number of rotatable bonds is 6. The van der Waals surface area contributed by atoms with Gasteiger partial charge in [-0.3, -0.25) is 9.69 Å². The van der Waals surface area contributed by atoms with Crippen LogP contribution in [-0.2, 0) is 17.6 Å². The highest BCUT2D eigenvalue weighted by atomic mass is 32.2. The van der Waals surface area contributed by atoms with Gasteiger partial charge in [0.05, 0.1) is 6.61 Å². The first-order valence-electron chi connectivity index (χ1n) is 10.3. The van der Waals surface area contributed by atoms with Crippen LogP contribution in [0.2, 0.25) is 0 Å². The summed E-state index contributed by atoms with van der Waals surface area (Å²) in [6, 6.07) is 16.7. The number of hydrogen-bond donors (Lipinski definition) is 1. The van der Waals surface area contributed by atoms with Crippen LogP contribution in [0.25, 0.3) is 6.08 Å². The fraction of sp³-hybridized carbons (Fsp3) is 0.375. The molecule has 0 aliphatic carbocycles. The van der Waals surface area contributed by atoms with Gasteiger partial charge in [0, 0.05) is 48.9 Å². The molecule has 4 rings (SSSR count). The summed E-state index contributed by atoms with van der Waals surface area (Å²) in [5.41, 5.74) is 3.78. The highest BCUT2D eigenvalue weighted by Gasteiger charge is 2.25. The van der Waals surface area contributed by atoms with E-state index in [-0.39, 0.29) is 18.6 Å². The summed E-state index contributed by atoms with van der Waals surface area (Å²) in [7, 11) is 0. The maximum Gasteiger partial charge on any atom is 0.246 e. The van der Waals surface area contributed by atoms with Crippen molar-refractivity contribution in [1.82, 2.24) is 9.80 Å². The Bertz CT molecular complexity index is 860. The Morgan fingerprint density at radius 3 is 2.66 bits per heavy atom. The van der Waals surface area contributed by atoms with Gasteiger partial charge in [0.15, 0.2) is 0 Å². The normalized spacial score (nSPS) is 18.2. The highest BCUT2D eigenvalue weighted by molar-refractivity contribution is 7.99. The molecule has 1 atom stereocenters. The number of aryl methyl sites for hydroxylation is 1. The average molecular weight is 409 g/mol. The minimum absolute atomic E-state index is 0.0603. The summed E-state index contributed by atoms with van der Waals surface area (Å²) in [6.07, 6.45) is 5.54. The zero-order valence-corrected chi connectivity index (χ0v) is 17.5. The van der Waals surface area contributed by atoms with E-state index in [2.05, 4.69) is 23.1 Å². The summed E-state index contributed by atoms with van der Waals surface area (Å²) >= 11 is 1.93. The largest absolute Gasteiger partial charge is 0.395 e. The molecule has 2 aromatic rings. The Balaban J connectivity index is 1.30. The minimum Gasteiger partial charge on any atom is -0.395 e. The van der Waals surface area contributed by atoms with Gasteiger partial charge in [-0.05, 0) is 41.7 Å². The first-order valence-corrected chi connectivity index (χ1v) is 11.3. The molecule has 2 aromatic carbocycles. The second-order valence-corrected chi connectivity index (χ2v) is 8.82. The number of fused-ring (bicyclic) bond motifs is 1. The quantitative estimate of drug-likeness (QED) is 0.746. The van der Waals surface area contributed by atoms with Gasteiger partial charge >= 0.3 is 0 Å². The molecular weight excluding hydrogens is 380 g/mol. The van der Waals surface area contributed by atoms with Crippen molar-refractivity contribution in [3.63, 3.8) is 0 Å². The van der Waals surface area contributed by atoms with Gasteiger partial charge in [0.2, 0.25) is 5.91 Å². The van der Waals surface area contributed by atoms with Crippen LogP contribution in [0.4, 0.5) is 0 Å². The van der Waals surface area contributed by atoms with Crippen LogP contribution in [0.15, 0.2) is 59.5 Å². The van der Waals surface area contributed by atoms with Crippen molar-refractivity contribution in [1.29, 1.82) is 0 Å². The lowest BCUT2D eigenvalue weighted by atomic mass is 10.0. The van der Waals surface area contributed by atoms with Gasteiger partial charge in [0.1, 0.15) is 0 Å². The van der Waals surface area contributed by atoms with Gasteiger partial charge in [0.25, 0.3) is 0 Å². The predicted molar refractivity (Wildman–Crippen MR) is 119 cm³/mol. The van der Waals surface area contributed by atoms with Crippen molar-refractivity contribution >= 4 is 23.7 Å². The van der Waals surface area contributed by atoms with Crippen LogP contribution < -0.4 is 0 Å². The lowest BCUT2D eigenvalue weighted by Crippen LogP contribution is -2.53. The number of aliphatic hydroxyl groups is 1. The third kappa shape index (κ3) is 5.10. The van der Waals surface area contributed by atoms with E-state index in [0.29, 0.717) is 13.1 Å². The third-order valence-electron chi connectivity index (χ3n) is 5.80. The Labute approximate surface area is 177 Å². The molecule has 1 unspecified atom stereocenters. The SMILES string of the molecule is O=C(C=Cc1ccccc1)N1CCN(C(CO)Cc2ccc3c(c2)CCS3)CC1. The Kier molecular flexibility index (Phi) is 6.70. The monoisotopic (exact) mass is 408 g/mol. The molecule has 4 nitrogen and oxygen atoms in total. The second kappa shape index (κ2) is 9.61. The fourth-order valence-electron chi connectivity index (χ4n) is 4.09. The number of piperazine rings is 1. The molecule has 2 aliphatic heterocycles. The van der Waals surface area contributed by atoms with E-state index in [1.807, 2.05) is 53.1 Å². The first kappa shape index (κ1) is 20.2. The zero-order valence-electron chi connectivity index (χ0n) is 16.7. The summed E-state index contributed by atoms with van der Waals surface area (Å²) in [5, 5.41) is 9.98. The van der Waals surface area contributed by atoms with E-state index in [1.54, 1.807) is 6.08 Å². The van der Waals surface area contributed by atoms with E-state index < -0.39 is 0 Å². The molecule has 0 saturated carbocycles. The van der Waals surface area contributed by atoms with Crippen LogP contribution >= 0.6 is 11.8 Å². The lowest BCUT2D eigenvalue weighted by molar-refractivity contribution is -0.128. The van der Waals surface area contributed by atoms with Crippen molar-refractivity contribution in [2.75, 3.05) is 38.5 Å². The van der Waals surface area contributed by atoms with Crippen molar-refractivity contribution in [2.45, 2.75) is 23.8 Å². The molecule has 0 bridgehead atoms. The maximum atomic E-state index is 12.5. The van der Waals surface area contributed by atoms with E-state index in [1.165, 1.54) is 21.8 Å². The van der Waals surface area contributed by atoms with Gasteiger partial charge in [-0.15, -0.1) is 11.8 Å². The standard InChI is InChI=1S/C24H28N2O2S/c27-18-22(17-20-6-8-23-21(16-20)10-15-29-23)25-11-13-26(14-12-25)24(28)9-7-19-4-2-1-3-5-19/h1-9,16,22,27H,10-15,17-18H2. The van der Waals surface area contributed by atoms with E-state index >= 15 is 0 Å².